The maximum Gasteiger partial charge on any atom is 0.416 e. The number of nitrogens with zero attached hydrogens (tertiary/aromatic N) is 6. The average Bonchev–Trinajstić information content (AvgIpc) is 1.66. The van der Waals surface area contributed by atoms with E-state index in [4.69, 9.17) is 47.7 Å². The van der Waals surface area contributed by atoms with E-state index in [1.165, 1.54) is 42.5 Å². The molecule has 0 radical (unpaired) electrons. The van der Waals surface area contributed by atoms with Gasteiger partial charge in [-0.3, -0.25) is 58.2 Å². The van der Waals surface area contributed by atoms with Gasteiger partial charge in [0, 0.05) is 111 Å². The molecule has 12 saturated heterocycles. The van der Waals surface area contributed by atoms with Gasteiger partial charge in [0.2, 0.25) is 0 Å². The second-order valence-electron chi connectivity index (χ2n) is 30.7. The SMILES string of the molecule is C.CC[C@@H]1[C@H]2CC(=O)O[C@H]2CN1C.CN1CC2OC(=O)C[C@@H]2[C@H]1/C=C/C(=O)COc1cccc(C(F)(F)F)c1.CN1CC2OC(=O)C[C@@H]2[C@H]1/C=C/C(O)COc1cccc(C(F)(F)F)c1.CN1CC2OC(O)C[C@@H]2[C@H]1/C=C/C(O)COc1cccc(C(F)(F)F)c1.CN1C[C@@H]2OC(=O)C[C@@H]2[C@H]1C=O.CN1C[C@@H]2OC(=O)C[C@@H]2[C@H]1CO. The molecule has 6 unspecified atom stereocenters. The monoisotopic (exact) mass is 1640 g/mol. The fourth-order valence-corrected chi connectivity index (χ4v) is 17.1. The molecular weight excluding hydrogens is 1540 g/mol. The third-order valence-corrected chi connectivity index (χ3v) is 22.8. The lowest BCUT2D eigenvalue weighted by atomic mass is 9.95. The van der Waals surface area contributed by atoms with Crippen molar-refractivity contribution in [2.24, 2.45) is 35.5 Å². The van der Waals surface area contributed by atoms with Crippen molar-refractivity contribution in [2.75, 3.05) is 108 Å². The van der Waals surface area contributed by atoms with Crippen molar-refractivity contribution in [3.05, 3.63) is 126 Å². The summed E-state index contributed by atoms with van der Waals surface area (Å²) in [6.45, 7) is 5.95. The van der Waals surface area contributed by atoms with Gasteiger partial charge in [0.15, 0.2) is 18.7 Å². The van der Waals surface area contributed by atoms with Gasteiger partial charge >= 0.3 is 48.4 Å². The van der Waals surface area contributed by atoms with Gasteiger partial charge in [-0.05, 0) is 109 Å². The maximum atomic E-state index is 12.7. The van der Waals surface area contributed by atoms with Crippen LogP contribution in [0.2, 0.25) is 0 Å². The number of ether oxygens (including phenoxy) is 9. The molecule has 0 spiro atoms. The molecule has 21 atom stereocenters. The summed E-state index contributed by atoms with van der Waals surface area (Å²) in [4.78, 5) is 90.6. The Kier molecular flexibility index (Phi) is 31.1. The molecule has 15 rings (SSSR count). The summed E-state index contributed by atoms with van der Waals surface area (Å²) in [5.41, 5.74) is -2.43. The second kappa shape index (κ2) is 39.4. The molecule has 4 N–H and O–H groups in total. The number of ketones is 1. The summed E-state index contributed by atoms with van der Waals surface area (Å²) in [5.74, 6) is -0.00976. The number of aldehydes is 1. The Morgan fingerprint density at radius 1 is 0.478 bits per heavy atom. The van der Waals surface area contributed by atoms with Crippen LogP contribution in [0.1, 0.15) is 76.0 Å². The summed E-state index contributed by atoms with van der Waals surface area (Å²) >= 11 is 0. The molecule has 0 bridgehead atoms. The van der Waals surface area contributed by atoms with Gasteiger partial charge in [0.05, 0.1) is 67.5 Å². The number of benzene rings is 3. The minimum absolute atomic E-state index is 0. The molecular formula is C80H103F9N6O20. The lowest BCUT2D eigenvalue weighted by molar-refractivity contribution is -0.142. The smallest absolute Gasteiger partial charge is 0.416 e. The number of carbonyl (C=O) groups excluding carboxylic acids is 7. The van der Waals surface area contributed by atoms with Gasteiger partial charge in [0.25, 0.3) is 0 Å². The number of hydrogen-bond donors (Lipinski definition) is 4. The molecule has 12 aliphatic heterocycles. The first kappa shape index (κ1) is 90.8. The molecule has 35 heteroatoms. The van der Waals surface area contributed by atoms with E-state index in [9.17, 15) is 88.4 Å². The average molecular weight is 1640 g/mol. The third kappa shape index (κ3) is 23.6. The van der Waals surface area contributed by atoms with Crippen LogP contribution in [0.5, 0.6) is 17.2 Å². The van der Waals surface area contributed by atoms with Crippen molar-refractivity contribution in [3.8, 4) is 17.2 Å². The molecule has 0 aliphatic carbocycles. The minimum Gasteiger partial charge on any atom is -0.491 e. The largest absolute Gasteiger partial charge is 0.491 e. The molecule has 0 aromatic heterocycles. The predicted molar refractivity (Wildman–Crippen MR) is 393 cm³/mol. The normalized spacial score (nSPS) is 32.0. The highest BCUT2D eigenvalue weighted by Gasteiger charge is 2.52. The number of fused-ring (bicyclic) bond motifs is 6. The zero-order valence-corrected chi connectivity index (χ0v) is 64.0. The highest BCUT2D eigenvalue weighted by Crippen LogP contribution is 2.42. The van der Waals surface area contributed by atoms with E-state index in [1.54, 1.807) is 24.3 Å². The van der Waals surface area contributed by atoms with Crippen molar-refractivity contribution in [2.45, 2.75) is 169 Å². The first-order valence-corrected chi connectivity index (χ1v) is 37.8. The van der Waals surface area contributed by atoms with Crippen molar-refractivity contribution in [3.63, 3.8) is 0 Å². The van der Waals surface area contributed by atoms with Crippen molar-refractivity contribution < 1.29 is 136 Å². The molecule has 26 nitrogen and oxygen atoms in total. The Morgan fingerprint density at radius 3 is 1.20 bits per heavy atom. The summed E-state index contributed by atoms with van der Waals surface area (Å²) in [5, 5.41) is 38.7. The van der Waals surface area contributed by atoms with Crippen molar-refractivity contribution in [1.29, 1.82) is 0 Å². The lowest BCUT2D eigenvalue weighted by Gasteiger charge is -2.20. The van der Waals surface area contributed by atoms with Crippen molar-refractivity contribution >= 4 is 41.9 Å². The van der Waals surface area contributed by atoms with E-state index in [0.717, 1.165) is 62.2 Å². The second-order valence-corrected chi connectivity index (χ2v) is 30.7. The molecule has 0 saturated carbocycles. The topological polar surface area (TPSA) is 303 Å². The molecule has 0 amide bonds. The van der Waals surface area contributed by atoms with Gasteiger partial charge in [-0.15, -0.1) is 0 Å². The standard InChI is InChI=1S/C18H22F3NO4.C18H20F3NO4.C18H18F3NO4.C9H15NO2.C8H13NO3.C8H11NO3.CH4/c3*1-22-9-16-14(8-17(24)26-16)15(22)6-5-12(23)10-25-13-4-2-3-11(7-13)18(19,20)21;1-3-7-6-4-9(11)12-8(6)5-10(7)2;2*1-9-3-7-5(6(9)4-10)2-8(11)12-7;/h2-7,12,14-17,23-24H,8-10H2,1H3;2-7,12,14-16,23H,8-10H2,1H3;2-7,14-16H,8-10H2,1H3;6-8H,3-5H2,1-2H3;5-7,10H,2-4H2,1H3;4-7H,2-3H2,1H3;1H4/b3*6-5+;;;;/t12?,14-,15-,16?,17?;12?,14-,15-,16?;14-,15-,16?;6-,7-,8+;2*5-,6-,7+;/m111111./s1. The van der Waals surface area contributed by atoms with Crippen LogP contribution in [0.15, 0.2) is 109 Å². The number of likely N-dealkylation sites (N-methyl/N-ethyl adjacent to an activating group) is 6. The molecule has 12 aliphatic rings. The fourth-order valence-electron chi connectivity index (χ4n) is 17.1. The Labute approximate surface area is 660 Å². The van der Waals surface area contributed by atoms with Gasteiger partial charge in [-0.25, -0.2) is 0 Å². The van der Waals surface area contributed by atoms with Gasteiger partial charge in [0.1, 0.15) is 79.5 Å². The number of carbonyl (C=O) groups is 7. The van der Waals surface area contributed by atoms with E-state index in [1.807, 2.05) is 56.0 Å². The van der Waals surface area contributed by atoms with Gasteiger partial charge < -0.3 is 67.9 Å². The van der Waals surface area contributed by atoms with Crippen LogP contribution in [0, 0.1) is 35.5 Å². The van der Waals surface area contributed by atoms with Crippen LogP contribution in [-0.2, 0) is 80.5 Å². The number of likely N-dealkylation sites (tertiary alicyclic amines) is 6. The van der Waals surface area contributed by atoms with E-state index in [-0.39, 0.29) is 183 Å². The number of hydrogen-bond acceptors (Lipinski definition) is 26. The number of aliphatic hydroxyl groups excluding tert-OH is 4. The molecule has 3 aromatic rings. The number of esters is 5. The molecule has 3 aromatic carbocycles. The first-order chi connectivity index (χ1) is 53.9. The molecule has 636 valence electrons. The van der Waals surface area contributed by atoms with E-state index < -0.39 is 53.7 Å². The Hall–Kier alpha value is -8.10. The summed E-state index contributed by atoms with van der Waals surface area (Å²) in [7, 11) is 11.7. The zero-order valence-electron chi connectivity index (χ0n) is 64.0. The summed E-state index contributed by atoms with van der Waals surface area (Å²) < 4.78 is 161. The summed E-state index contributed by atoms with van der Waals surface area (Å²) in [6, 6.07) is 13.9. The summed E-state index contributed by atoms with van der Waals surface area (Å²) in [6.07, 6.45) is -1.61. The fraction of sp³-hybridized carbons (Fsp3) is 0.613. The van der Waals surface area contributed by atoms with Crippen LogP contribution in [-0.4, -0.2) is 291 Å². The number of aliphatic hydroxyl groups is 4. The molecule has 12 fully saturated rings. The third-order valence-electron chi connectivity index (χ3n) is 22.8. The first-order valence-electron chi connectivity index (χ1n) is 37.8. The number of alkyl halides is 9. The van der Waals surface area contributed by atoms with Crippen LogP contribution >= 0.6 is 0 Å². The quantitative estimate of drug-likeness (QED) is 0.0258. The number of rotatable bonds is 18. The predicted octanol–water partition coefficient (Wildman–Crippen LogP) is 6.67. The van der Waals surface area contributed by atoms with Crippen LogP contribution in [0.25, 0.3) is 0 Å². The zero-order chi connectivity index (χ0) is 82.8. The van der Waals surface area contributed by atoms with Crippen LogP contribution in [0.4, 0.5) is 39.5 Å². The Morgan fingerprint density at radius 2 is 0.809 bits per heavy atom. The van der Waals surface area contributed by atoms with E-state index >= 15 is 0 Å². The van der Waals surface area contributed by atoms with Gasteiger partial charge in [-0.2, -0.15) is 39.5 Å². The Balaban J connectivity index is 0.000000163. The minimum atomic E-state index is -4.46. The molecule has 115 heavy (non-hydrogen) atoms. The number of halogens is 9. The van der Waals surface area contributed by atoms with Crippen LogP contribution < -0.4 is 14.2 Å². The van der Waals surface area contributed by atoms with E-state index in [2.05, 4.69) is 28.7 Å². The maximum absolute atomic E-state index is 12.7. The Bertz CT molecular complexity index is 3870. The highest BCUT2D eigenvalue weighted by atomic mass is 19.4. The highest BCUT2D eigenvalue weighted by molar-refractivity contribution is 5.91. The van der Waals surface area contributed by atoms with Crippen molar-refractivity contribution in [1.82, 2.24) is 29.4 Å². The molecule has 12 heterocycles. The lowest BCUT2D eigenvalue weighted by Crippen LogP contribution is -2.33. The van der Waals surface area contributed by atoms with Gasteiger partial charge in [-0.1, -0.05) is 62.9 Å². The van der Waals surface area contributed by atoms with E-state index in [0.29, 0.717) is 76.7 Å². The van der Waals surface area contributed by atoms with Crippen LogP contribution in [0.3, 0.4) is 0 Å².